The Morgan fingerprint density at radius 3 is 1.44 bits per heavy atom. The van der Waals surface area contributed by atoms with Gasteiger partial charge < -0.3 is 38.9 Å². The average Bonchev–Trinajstić information content (AvgIpc) is 3.04. The topological polar surface area (TPSA) is 114 Å². The van der Waals surface area contributed by atoms with E-state index < -0.39 is 41.7 Å². The highest BCUT2D eigenvalue weighted by Crippen LogP contribution is 2.37. The Bertz CT molecular complexity index is 898. The Morgan fingerprint density at radius 1 is 0.732 bits per heavy atom. The number of hydrogen-bond acceptors (Lipinski definition) is 8. The van der Waals surface area contributed by atoms with Crippen molar-refractivity contribution >= 4 is 24.8 Å². The monoisotopic (exact) mass is 580 g/mol. The zero-order valence-corrected chi connectivity index (χ0v) is 27.3. The molecular formula is C30H53BN2O8. The number of nitrogens with one attached hydrogen (secondary N) is 2. The lowest BCUT2D eigenvalue weighted by Gasteiger charge is -2.32. The average molecular weight is 581 g/mol. The van der Waals surface area contributed by atoms with Crippen molar-refractivity contribution in [3.05, 3.63) is 18.2 Å². The zero-order chi connectivity index (χ0) is 31.5. The van der Waals surface area contributed by atoms with Crippen LogP contribution in [0.25, 0.3) is 0 Å². The molecule has 1 aliphatic heterocycles. The van der Waals surface area contributed by atoms with E-state index in [1.807, 2.05) is 95.2 Å². The van der Waals surface area contributed by atoms with E-state index in [1.165, 1.54) is 0 Å². The molecule has 10 nitrogen and oxygen atoms in total. The maximum atomic E-state index is 11.8. The highest BCUT2D eigenvalue weighted by Gasteiger charge is 2.51. The lowest BCUT2D eigenvalue weighted by atomic mass is 9.79. The van der Waals surface area contributed by atoms with Crippen LogP contribution in [0.3, 0.4) is 0 Å². The summed E-state index contributed by atoms with van der Waals surface area (Å²) in [5.74, 6) is 1.20. The molecule has 0 atom stereocenters. The Morgan fingerprint density at radius 2 is 1.10 bits per heavy atom. The molecule has 2 N–H and O–H groups in total. The van der Waals surface area contributed by atoms with Gasteiger partial charge in [-0.25, -0.2) is 9.59 Å². The summed E-state index contributed by atoms with van der Waals surface area (Å²) < 4.78 is 34.9. The van der Waals surface area contributed by atoms with Crippen molar-refractivity contribution in [2.24, 2.45) is 0 Å². The van der Waals surface area contributed by atoms with Crippen molar-refractivity contribution < 1.29 is 37.8 Å². The lowest BCUT2D eigenvalue weighted by molar-refractivity contribution is 0.00578. The summed E-state index contributed by atoms with van der Waals surface area (Å²) in [4.78, 5) is 23.7. The van der Waals surface area contributed by atoms with Gasteiger partial charge in [0.25, 0.3) is 0 Å². The molecule has 1 saturated heterocycles. The number of carbonyl (C=O) groups is 2. The van der Waals surface area contributed by atoms with Gasteiger partial charge in [-0.1, -0.05) is 13.8 Å². The molecule has 2 rings (SSSR count). The van der Waals surface area contributed by atoms with Gasteiger partial charge in [-0.15, -0.1) is 0 Å². The van der Waals surface area contributed by atoms with E-state index in [4.69, 9.17) is 28.3 Å². The third-order valence-corrected chi connectivity index (χ3v) is 5.94. The van der Waals surface area contributed by atoms with Crippen molar-refractivity contribution in [1.82, 2.24) is 10.6 Å². The Balaban J connectivity index is 0.00000411. The molecule has 1 aromatic rings. The smallest absolute Gasteiger partial charge is 0.493 e. The fourth-order valence-corrected chi connectivity index (χ4v) is 3.41. The first-order valence-corrected chi connectivity index (χ1v) is 14.6. The van der Waals surface area contributed by atoms with E-state index >= 15 is 0 Å². The molecule has 0 bridgehead atoms. The molecule has 1 aromatic carbocycles. The van der Waals surface area contributed by atoms with Gasteiger partial charge in [0.15, 0.2) is 0 Å². The van der Waals surface area contributed by atoms with E-state index in [9.17, 15) is 9.59 Å². The van der Waals surface area contributed by atoms with Gasteiger partial charge in [-0.05, 0) is 99.7 Å². The second-order valence-electron chi connectivity index (χ2n) is 12.6. The maximum Gasteiger partial charge on any atom is 0.495 e. The number of benzene rings is 1. The quantitative estimate of drug-likeness (QED) is 0.257. The van der Waals surface area contributed by atoms with E-state index in [0.29, 0.717) is 50.6 Å². The fourth-order valence-electron chi connectivity index (χ4n) is 3.41. The Kier molecular flexibility index (Phi) is 13.8. The van der Waals surface area contributed by atoms with Crippen LogP contribution in [0, 0.1) is 0 Å². The fraction of sp³-hybridized carbons (Fsp3) is 0.733. The lowest BCUT2D eigenvalue weighted by Crippen LogP contribution is -2.41. The van der Waals surface area contributed by atoms with Crippen molar-refractivity contribution in [3.63, 3.8) is 0 Å². The molecule has 11 heteroatoms. The van der Waals surface area contributed by atoms with Crippen LogP contribution in [-0.2, 0) is 18.8 Å². The summed E-state index contributed by atoms with van der Waals surface area (Å²) in [6.07, 6.45) is 0.267. The predicted octanol–water partition coefficient (Wildman–Crippen LogP) is 5.60. The van der Waals surface area contributed by atoms with Gasteiger partial charge in [0.05, 0.1) is 24.4 Å². The minimum atomic E-state index is -0.580. The molecule has 0 saturated carbocycles. The molecule has 0 aliphatic carbocycles. The van der Waals surface area contributed by atoms with Crippen LogP contribution in [0.2, 0.25) is 0 Å². The largest absolute Gasteiger partial charge is 0.495 e. The minimum Gasteiger partial charge on any atom is -0.493 e. The highest BCUT2D eigenvalue weighted by molar-refractivity contribution is 6.62. The maximum absolute atomic E-state index is 11.8. The van der Waals surface area contributed by atoms with Crippen molar-refractivity contribution in [1.29, 1.82) is 0 Å². The number of carbonyl (C=O) groups excluding carboxylic acids is 2. The zero-order valence-electron chi connectivity index (χ0n) is 27.3. The van der Waals surface area contributed by atoms with Gasteiger partial charge in [-0.2, -0.15) is 0 Å². The number of hydrogen-bond donors (Lipinski definition) is 2. The first kappa shape index (κ1) is 36.4. The second kappa shape index (κ2) is 15.5. The van der Waals surface area contributed by atoms with Gasteiger partial charge in [0, 0.05) is 19.2 Å². The van der Waals surface area contributed by atoms with Crippen LogP contribution < -0.4 is 25.6 Å². The molecule has 1 fully saturated rings. The molecule has 0 unspecified atom stereocenters. The van der Waals surface area contributed by atoms with Crippen molar-refractivity contribution in [2.45, 2.75) is 118 Å². The van der Waals surface area contributed by atoms with Crippen LogP contribution in [0.1, 0.15) is 95.9 Å². The van der Waals surface area contributed by atoms with E-state index in [-0.39, 0.29) is 0 Å². The standard InChI is InChI=1S/C28H47BN2O8.C2H6/c1-25(2,3)36-23(32)30-13-11-15-34-21-17-20(29-38-27(7,8)28(9,10)39-29)18-22(19-21)35-16-12-14-31-24(33)37-26(4,5)6;1-2/h17-19H,11-16H2,1-10H3,(H,30,32)(H,31,33);1-2H3. The molecule has 1 aliphatic rings. The first-order chi connectivity index (χ1) is 18.9. The summed E-state index contributed by atoms with van der Waals surface area (Å²) in [6.45, 7) is 24.5. The third-order valence-electron chi connectivity index (χ3n) is 5.94. The van der Waals surface area contributed by atoms with Crippen LogP contribution in [0.4, 0.5) is 9.59 Å². The van der Waals surface area contributed by atoms with Gasteiger partial charge in [-0.3, -0.25) is 0 Å². The molecule has 0 radical (unpaired) electrons. The Hall–Kier alpha value is -2.66. The number of rotatable bonds is 11. The summed E-state index contributed by atoms with van der Waals surface area (Å²) in [7, 11) is -0.580. The molecule has 0 aromatic heterocycles. The van der Waals surface area contributed by atoms with Crippen LogP contribution >= 0.6 is 0 Å². The molecule has 0 spiro atoms. The van der Waals surface area contributed by atoms with Crippen LogP contribution in [-0.4, -0.2) is 68.0 Å². The second-order valence-corrected chi connectivity index (χ2v) is 12.6. The summed E-state index contributed by atoms with van der Waals surface area (Å²) in [5, 5.41) is 5.45. The van der Waals surface area contributed by atoms with Crippen LogP contribution in [0.5, 0.6) is 11.5 Å². The molecule has 234 valence electrons. The SMILES string of the molecule is CC.CC(C)(C)OC(=O)NCCCOc1cc(OCCCNC(=O)OC(C)(C)C)cc(B2OC(C)(C)C(C)(C)O2)c1. The highest BCUT2D eigenvalue weighted by atomic mass is 16.7. The Labute approximate surface area is 247 Å². The predicted molar refractivity (Wildman–Crippen MR) is 162 cm³/mol. The summed E-state index contributed by atoms with van der Waals surface area (Å²) in [6, 6.07) is 5.55. The number of amides is 2. The molecule has 1 heterocycles. The van der Waals surface area contributed by atoms with E-state index in [1.54, 1.807) is 6.07 Å². The number of ether oxygens (including phenoxy) is 4. The summed E-state index contributed by atoms with van der Waals surface area (Å²) >= 11 is 0. The van der Waals surface area contributed by atoms with Crippen molar-refractivity contribution in [3.8, 4) is 11.5 Å². The molecular weight excluding hydrogens is 527 g/mol. The number of alkyl carbamates (subject to hydrolysis) is 2. The summed E-state index contributed by atoms with van der Waals surface area (Å²) in [5.41, 5.74) is -1.29. The van der Waals surface area contributed by atoms with E-state index in [2.05, 4.69) is 10.6 Å². The van der Waals surface area contributed by atoms with Gasteiger partial charge in [0.2, 0.25) is 0 Å². The minimum absolute atomic E-state index is 0.377. The normalized spacial score (nSPS) is 15.8. The molecule has 41 heavy (non-hydrogen) atoms. The van der Waals surface area contributed by atoms with Gasteiger partial charge in [0.1, 0.15) is 22.7 Å². The third kappa shape index (κ3) is 13.7. The van der Waals surface area contributed by atoms with E-state index in [0.717, 1.165) is 5.46 Å². The van der Waals surface area contributed by atoms with Crippen molar-refractivity contribution in [2.75, 3.05) is 26.3 Å². The van der Waals surface area contributed by atoms with Crippen LogP contribution in [0.15, 0.2) is 18.2 Å². The van der Waals surface area contributed by atoms with Gasteiger partial charge >= 0.3 is 19.3 Å². The first-order valence-electron chi connectivity index (χ1n) is 14.6. The molecule has 2 amide bonds.